The van der Waals surface area contributed by atoms with Crippen molar-refractivity contribution in [1.29, 1.82) is 0 Å². The van der Waals surface area contributed by atoms with Gasteiger partial charge in [0.05, 0.1) is 11.6 Å². The Balaban J connectivity index is 2.04. The zero-order valence-electron chi connectivity index (χ0n) is 13.9. The van der Waals surface area contributed by atoms with E-state index in [1.54, 1.807) is 7.11 Å². The summed E-state index contributed by atoms with van der Waals surface area (Å²) in [6.07, 6.45) is 3.89. The summed E-state index contributed by atoms with van der Waals surface area (Å²) in [6.45, 7) is 9.42. The summed E-state index contributed by atoms with van der Waals surface area (Å²) in [5.41, 5.74) is 1.76. The van der Waals surface area contributed by atoms with E-state index < -0.39 is 0 Å². The van der Waals surface area contributed by atoms with Gasteiger partial charge in [-0.3, -0.25) is 0 Å². The molecule has 1 aromatic carbocycles. The Bertz CT molecular complexity index is 486. The lowest BCUT2D eigenvalue weighted by molar-refractivity contribution is 0.145. The van der Waals surface area contributed by atoms with Crippen LogP contribution in [0.2, 0.25) is 0 Å². The van der Waals surface area contributed by atoms with Crippen molar-refractivity contribution in [3.05, 3.63) is 28.2 Å². The van der Waals surface area contributed by atoms with Crippen molar-refractivity contribution in [1.82, 2.24) is 5.32 Å². The quantitative estimate of drug-likeness (QED) is 0.790. The molecule has 0 radical (unpaired) electrons. The van der Waals surface area contributed by atoms with Gasteiger partial charge in [0.1, 0.15) is 5.75 Å². The molecule has 1 saturated carbocycles. The summed E-state index contributed by atoms with van der Waals surface area (Å²) < 4.78 is 6.33. The fourth-order valence-corrected chi connectivity index (χ4v) is 4.43. The van der Waals surface area contributed by atoms with Gasteiger partial charge in [0.25, 0.3) is 0 Å². The number of hydrogen-bond acceptors (Lipinski definition) is 2. The number of halogens is 1. The molecule has 0 bridgehead atoms. The largest absolute Gasteiger partial charge is 0.496 e. The van der Waals surface area contributed by atoms with E-state index in [0.29, 0.717) is 17.5 Å². The second kappa shape index (κ2) is 6.70. The van der Waals surface area contributed by atoms with Gasteiger partial charge >= 0.3 is 0 Å². The van der Waals surface area contributed by atoms with E-state index in [2.05, 4.69) is 61.1 Å². The van der Waals surface area contributed by atoms with Gasteiger partial charge in [-0.2, -0.15) is 0 Å². The molecule has 1 fully saturated rings. The Kier molecular flexibility index (Phi) is 5.37. The first-order valence-electron chi connectivity index (χ1n) is 7.90. The van der Waals surface area contributed by atoms with E-state index in [1.165, 1.54) is 24.8 Å². The summed E-state index contributed by atoms with van der Waals surface area (Å²) in [7, 11) is 1.70. The molecule has 0 aliphatic heterocycles. The van der Waals surface area contributed by atoms with Crippen LogP contribution in [0, 0.1) is 11.3 Å². The molecule has 1 aliphatic rings. The smallest absolute Gasteiger partial charge is 0.133 e. The van der Waals surface area contributed by atoms with Gasteiger partial charge in [-0.05, 0) is 71.1 Å². The fraction of sp³-hybridized carbons (Fsp3) is 0.667. The van der Waals surface area contributed by atoms with Crippen LogP contribution < -0.4 is 10.1 Å². The van der Waals surface area contributed by atoms with Crippen molar-refractivity contribution in [2.75, 3.05) is 7.11 Å². The van der Waals surface area contributed by atoms with Crippen LogP contribution in [0.1, 0.15) is 58.6 Å². The van der Waals surface area contributed by atoms with E-state index in [1.807, 2.05) is 6.07 Å². The monoisotopic (exact) mass is 353 g/mol. The average Bonchev–Trinajstić information content (AvgIpc) is 2.35. The summed E-state index contributed by atoms with van der Waals surface area (Å²) in [6, 6.07) is 7.32. The van der Waals surface area contributed by atoms with E-state index >= 15 is 0 Å². The maximum atomic E-state index is 5.30. The minimum absolute atomic E-state index is 0.360. The first-order valence-corrected chi connectivity index (χ1v) is 8.69. The maximum absolute atomic E-state index is 5.30. The normalized spacial score (nSPS) is 26.4. The average molecular weight is 354 g/mol. The summed E-state index contributed by atoms with van der Waals surface area (Å²) in [4.78, 5) is 0. The van der Waals surface area contributed by atoms with Crippen LogP contribution in [-0.4, -0.2) is 13.2 Å². The molecule has 1 aromatic rings. The Morgan fingerprint density at radius 2 is 2.05 bits per heavy atom. The van der Waals surface area contributed by atoms with Crippen LogP contribution in [0.15, 0.2) is 22.7 Å². The van der Waals surface area contributed by atoms with Crippen molar-refractivity contribution in [3.8, 4) is 5.75 Å². The second-order valence-electron chi connectivity index (χ2n) is 7.39. The number of hydrogen-bond donors (Lipinski definition) is 1. The van der Waals surface area contributed by atoms with Crippen LogP contribution in [0.4, 0.5) is 0 Å². The topological polar surface area (TPSA) is 21.3 Å². The molecule has 3 unspecified atom stereocenters. The Morgan fingerprint density at radius 3 is 2.62 bits per heavy atom. The highest BCUT2D eigenvalue weighted by atomic mass is 79.9. The van der Waals surface area contributed by atoms with Crippen LogP contribution >= 0.6 is 15.9 Å². The van der Waals surface area contributed by atoms with Gasteiger partial charge in [-0.15, -0.1) is 0 Å². The zero-order valence-corrected chi connectivity index (χ0v) is 15.5. The lowest BCUT2D eigenvalue weighted by Crippen LogP contribution is -2.41. The molecule has 0 saturated heterocycles. The van der Waals surface area contributed by atoms with Gasteiger partial charge in [-0.1, -0.05) is 26.8 Å². The van der Waals surface area contributed by atoms with Crippen LogP contribution in [-0.2, 0) is 0 Å². The Labute approximate surface area is 137 Å². The molecule has 118 valence electrons. The van der Waals surface area contributed by atoms with E-state index in [9.17, 15) is 0 Å². The predicted octanol–water partition coefficient (Wildman–Crippen LogP) is 5.32. The molecule has 1 aliphatic carbocycles. The van der Waals surface area contributed by atoms with Gasteiger partial charge < -0.3 is 10.1 Å². The maximum Gasteiger partial charge on any atom is 0.133 e. The highest BCUT2D eigenvalue weighted by Crippen LogP contribution is 2.39. The second-order valence-corrected chi connectivity index (χ2v) is 8.25. The molecular weight excluding hydrogens is 326 g/mol. The van der Waals surface area contributed by atoms with Crippen LogP contribution in [0.3, 0.4) is 0 Å². The number of ether oxygens (including phenoxy) is 1. The molecule has 1 N–H and O–H groups in total. The molecule has 3 heteroatoms. The summed E-state index contributed by atoms with van der Waals surface area (Å²) in [5.74, 6) is 1.69. The van der Waals surface area contributed by atoms with Gasteiger partial charge in [0.15, 0.2) is 0 Å². The number of rotatable bonds is 4. The molecular formula is C18H28BrNO. The Morgan fingerprint density at radius 1 is 1.33 bits per heavy atom. The van der Waals surface area contributed by atoms with Gasteiger partial charge in [0.2, 0.25) is 0 Å². The minimum Gasteiger partial charge on any atom is -0.496 e. The molecule has 0 spiro atoms. The predicted molar refractivity (Wildman–Crippen MR) is 92.8 cm³/mol. The van der Waals surface area contributed by atoms with Crippen molar-refractivity contribution < 1.29 is 4.74 Å². The van der Waals surface area contributed by atoms with Crippen molar-refractivity contribution in [2.24, 2.45) is 11.3 Å². The fourth-order valence-electron chi connectivity index (χ4n) is 3.87. The highest BCUT2D eigenvalue weighted by molar-refractivity contribution is 9.10. The SMILES string of the molecule is COc1ccc(C(C)NC2CC(C)CC(C)(C)C2)cc1Br. The third-order valence-corrected chi connectivity index (χ3v) is 5.17. The van der Waals surface area contributed by atoms with E-state index in [0.717, 1.165) is 16.1 Å². The number of benzene rings is 1. The van der Waals surface area contributed by atoms with Crippen LogP contribution in [0.5, 0.6) is 5.75 Å². The summed E-state index contributed by atoms with van der Waals surface area (Å²) in [5, 5.41) is 3.82. The van der Waals surface area contributed by atoms with E-state index in [-0.39, 0.29) is 0 Å². The lowest BCUT2D eigenvalue weighted by atomic mass is 9.70. The first kappa shape index (κ1) is 16.8. The lowest BCUT2D eigenvalue weighted by Gasteiger charge is -2.40. The minimum atomic E-state index is 0.360. The molecule has 3 atom stereocenters. The number of methoxy groups -OCH3 is 1. The molecule has 0 heterocycles. The standard InChI is InChI=1S/C18H28BrNO/c1-12-8-15(11-18(3,4)10-12)20-13(2)14-6-7-17(21-5)16(19)9-14/h6-7,9,12-13,15,20H,8,10-11H2,1-5H3. The van der Waals surface area contributed by atoms with Crippen molar-refractivity contribution in [3.63, 3.8) is 0 Å². The van der Waals surface area contributed by atoms with Gasteiger partial charge in [0, 0.05) is 12.1 Å². The third-order valence-electron chi connectivity index (χ3n) is 4.55. The summed E-state index contributed by atoms with van der Waals surface area (Å²) >= 11 is 3.58. The van der Waals surface area contributed by atoms with E-state index in [4.69, 9.17) is 4.74 Å². The molecule has 2 rings (SSSR count). The number of nitrogens with one attached hydrogen (secondary N) is 1. The molecule has 0 amide bonds. The van der Waals surface area contributed by atoms with Crippen molar-refractivity contribution in [2.45, 2.75) is 59.0 Å². The third kappa shape index (κ3) is 4.46. The molecule has 2 nitrogen and oxygen atoms in total. The highest BCUT2D eigenvalue weighted by Gasteiger charge is 2.32. The van der Waals surface area contributed by atoms with Crippen LogP contribution in [0.25, 0.3) is 0 Å². The first-order chi connectivity index (χ1) is 9.80. The van der Waals surface area contributed by atoms with Crippen molar-refractivity contribution >= 4 is 15.9 Å². The Hall–Kier alpha value is -0.540. The molecule has 21 heavy (non-hydrogen) atoms. The zero-order chi connectivity index (χ0) is 15.6. The molecule has 0 aromatic heterocycles. The van der Waals surface area contributed by atoms with Gasteiger partial charge in [-0.25, -0.2) is 0 Å².